The molecule has 2 aliphatic rings. The Morgan fingerprint density at radius 3 is 2.71 bits per heavy atom. The van der Waals surface area contributed by atoms with E-state index < -0.39 is 6.10 Å². The molecule has 1 aliphatic heterocycles. The van der Waals surface area contributed by atoms with Gasteiger partial charge in [-0.1, -0.05) is 6.42 Å². The number of aliphatic hydroxyl groups excluding tert-OH is 1. The first-order valence-corrected chi connectivity index (χ1v) is 6.63. The van der Waals surface area contributed by atoms with E-state index in [0.717, 1.165) is 36.3 Å². The summed E-state index contributed by atoms with van der Waals surface area (Å²) >= 11 is 0. The number of hydrogen-bond donors (Lipinski definition) is 1. The van der Waals surface area contributed by atoms with Gasteiger partial charge in [-0.2, -0.15) is 0 Å². The number of aromatic nitrogens is 1. The molecule has 3 rings (SSSR count). The minimum atomic E-state index is -0.404. The molecule has 1 aliphatic carbocycles. The molecule has 3 nitrogen and oxygen atoms in total. The van der Waals surface area contributed by atoms with E-state index in [9.17, 15) is 5.11 Å². The first-order valence-electron chi connectivity index (χ1n) is 6.63. The van der Waals surface area contributed by atoms with Crippen molar-refractivity contribution in [2.24, 2.45) is 11.8 Å². The van der Waals surface area contributed by atoms with Gasteiger partial charge < -0.3 is 10.0 Å². The van der Waals surface area contributed by atoms with Crippen LogP contribution in [0.25, 0.3) is 0 Å². The molecule has 1 aromatic rings. The van der Waals surface area contributed by atoms with E-state index in [-0.39, 0.29) is 0 Å². The fourth-order valence-electron chi connectivity index (χ4n) is 3.29. The maximum atomic E-state index is 9.61. The largest absolute Gasteiger partial charge is 0.389 e. The molecular formula is C14H20N2O. The zero-order valence-electron chi connectivity index (χ0n) is 10.3. The molecule has 2 unspecified atom stereocenters. The Labute approximate surface area is 102 Å². The summed E-state index contributed by atoms with van der Waals surface area (Å²) < 4.78 is 0. The van der Waals surface area contributed by atoms with Gasteiger partial charge in [-0.3, -0.25) is 0 Å². The molecule has 1 saturated carbocycles. The third-order valence-corrected chi connectivity index (χ3v) is 4.30. The predicted molar refractivity (Wildman–Crippen MR) is 67.9 cm³/mol. The fourth-order valence-corrected chi connectivity index (χ4v) is 3.29. The van der Waals surface area contributed by atoms with E-state index in [1.165, 1.54) is 19.3 Å². The molecule has 0 amide bonds. The first kappa shape index (κ1) is 11.0. The van der Waals surface area contributed by atoms with Crippen molar-refractivity contribution in [1.82, 2.24) is 4.98 Å². The zero-order chi connectivity index (χ0) is 11.8. The molecule has 1 aromatic heterocycles. The predicted octanol–water partition coefficient (Wildman–Crippen LogP) is 2.37. The van der Waals surface area contributed by atoms with Gasteiger partial charge in [0.2, 0.25) is 0 Å². The summed E-state index contributed by atoms with van der Waals surface area (Å²) in [5, 5.41) is 9.61. The molecule has 0 radical (unpaired) electrons. The fraction of sp³-hybridized carbons (Fsp3) is 0.643. The van der Waals surface area contributed by atoms with Crippen molar-refractivity contribution in [3.63, 3.8) is 0 Å². The molecule has 2 heterocycles. The highest BCUT2D eigenvalue weighted by atomic mass is 16.3. The topological polar surface area (TPSA) is 36.4 Å². The molecule has 0 spiro atoms. The van der Waals surface area contributed by atoms with Crippen LogP contribution in [0.5, 0.6) is 0 Å². The Bertz CT molecular complexity index is 393. The first-order chi connectivity index (χ1) is 8.24. The number of fused-ring (bicyclic) bond motifs is 1. The van der Waals surface area contributed by atoms with E-state index in [1.54, 1.807) is 6.92 Å². The van der Waals surface area contributed by atoms with Gasteiger partial charge in [0.15, 0.2) is 0 Å². The second-order valence-corrected chi connectivity index (χ2v) is 5.48. The van der Waals surface area contributed by atoms with E-state index >= 15 is 0 Å². The molecule has 17 heavy (non-hydrogen) atoms. The zero-order valence-corrected chi connectivity index (χ0v) is 10.3. The van der Waals surface area contributed by atoms with Crippen LogP contribution < -0.4 is 4.90 Å². The maximum absolute atomic E-state index is 9.61. The SMILES string of the molecule is C[C@@H](O)c1ccnc(N2CC3CCCC3C2)c1. The minimum absolute atomic E-state index is 0.404. The maximum Gasteiger partial charge on any atom is 0.128 e. The summed E-state index contributed by atoms with van der Waals surface area (Å²) in [4.78, 5) is 6.84. The second kappa shape index (κ2) is 4.30. The molecule has 3 atom stereocenters. The monoisotopic (exact) mass is 232 g/mol. The minimum Gasteiger partial charge on any atom is -0.389 e. The van der Waals surface area contributed by atoms with Crippen molar-refractivity contribution < 1.29 is 5.11 Å². The number of pyridine rings is 1. The summed E-state index contributed by atoms with van der Waals surface area (Å²) in [5.41, 5.74) is 0.965. The summed E-state index contributed by atoms with van der Waals surface area (Å²) in [7, 11) is 0. The van der Waals surface area contributed by atoms with Crippen molar-refractivity contribution >= 4 is 5.82 Å². The van der Waals surface area contributed by atoms with Crippen LogP contribution in [0.2, 0.25) is 0 Å². The van der Waals surface area contributed by atoms with Gasteiger partial charge in [0.1, 0.15) is 5.82 Å². The number of hydrogen-bond acceptors (Lipinski definition) is 3. The van der Waals surface area contributed by atoms with Crippen LogP contribution in [0.4, 0.5) is 5.82 Å². The van der Waals surface area contributed by atoms with Crippen molar-refractivity contribution in [2.45, 2.75) is 32.3 Å². The number of anilines is 1. The summed E-state index contributed by atoms with van der Waals surface area (Å²) in [6, 6.07) is 3.93. The van der Waals surface area contributed by atoms with Crippen LogP contribution in [0.3, 0.4) is 0 Å². The molecule has 0 bridgehead atoms. The average Bonchev–Trinajstić information content (AvgIpc) is 2.89. The van der Waals surface area contributed by atoms with Crippen molar-refractivity contribution in [3.8, 4) is 0 Å². The second-order valence-electron chi connectivity index (χ2n) is 5.48. The Hall–Kier alpha value is -1.09. The van der Waals surface area contributed by atoms with Crippen molar-refractivity contribution in [1.29, 1.82) is 0 Å². The number of nitrogens with zero attached hydrogens (tertiary/aromatic N) is 2. The van der Waals surface area contributed by atoms with Gasteiger partial charge in [-0.15, -0.1) is 0 Å². The molecule has 3 heteroatoms. The Balaban J connectivity index is 1.78. The molecule has 2 fully saturated rings. The lowest BCUT2D eigenvalue weighted by atomic mass is 10.0. The molecule has 92 valence electrons. The molecule has 1 N–H and O–H groups in total. The average molecular weight is 232 g/mol. The van der Waals surface area contributed by atoms with Crippen LogP contribution in [-0.4, -0.2) is 23.2 Å². The van der Waals surface area contributed by atoms with E-state index in [4.69, 9.17) is 0 Å². The van der Waals surface area contributed by atoms with E-state index in [0.29, 0.717) is 0 Å². The highest BCUT2D eigenvalue weighted by Crippen LogP contribution is 2.39. The molecular weight excluding hydrogens is 212 g/mol. The highest BCUT2D eigenvalue weighted by Gasteiger charge is 2.36. The lowest BCUT2D eigenvalue weighted by Gasteiger charge is -2.19. The van der Waals surface area contributed by atoms with Gasteiger partial charge in [-0.05, 0) is 49.3 Å². The van der Waals surface area contributed by atoms with Crippen molar-refractivity contribution in [2.75, 3.05) is 18.0 Å². The number of rotatable bonds is 2. The third-order valence-electron chi connectivity index (χ3n) is 4.30. The van der Waals surface area contributed by atoms with Gasteiger partial charge in [-0.25, -0.2) is 4.98 Å². The molecule has 1 saturated heterocycles. The van der Waals surface area contributed by atoms with E-state index in [2.05, 4.69) is 9.88 Å². The Morgan fingerprint density at radius 2 is 2.06 bits per heavy atom. The van der Waals surface area contributed by atoms with Gasteiger partial charge in [0, 0.05) is 19.3 Å². The van der Waals surface area contributed by atoms with Crippen LogP contribution >= 0.6 is 0 Å². The van der Waals surface area contributed by atoms with Crippen LogP contribution in [0.15, 0.2) is 18.3 Å². The van der Waals surface area contributed by atoms with Gasteiger partial charge >= 0.3 is 0 Å². The third kappa shape index (κ3) is 2.04. The molecule has 0 aromatic carbocycles. The Morgan fingerprint density at radius 1 is 1.35 bits per heavy atom. The standard InChI is InChI=1S/C14H20N2O/c1-10(17)11-5-6-15-14(7-11)16-8-12-3-2-4-13(12)9-16/h5-7,10,12-13,17H,2-4,8-9H2,1H3/t10-,12?,13?/m1/s1. The van der Waals surface area contributed by atoms with E-state index in [1.807, 2.05) is 18.3 Å². The van der Waals surface area contributed by atoms with Crippen LogP contribution in [-0.2, 0) is 0 Å². The lowest BCUT2D eigenvalue weighted by molar-refractivity contribution is 0.199. The lowest BCUT2D eigenvalue weighted by Crippen LogP contribution is -2.22. The van der Waals surface area contributed by atoms with Gasteiger partial charge in [0.05, 0.1) is 6.10 Å². The summed E-state index contributed by atoms with van der Waals surface area (Å²) in [5.74, 6) is 2.80. The quantitative estimate of drug-likeness (QED) is 0.850. The Kier molecular flexibility index (Phi) is 2.79. The normalized spacial score (nSPS) is 29.4. The van der Waals surface area contributed by atoms with Crippen molar-refractivity contribution in [3.05, 3.63) is 23.9 Å². The smallest absolute Gasteiger partial charge is 0.128 e. The summed E-state index contributed by atoms with van der Waals surface area (Å²) in [6.07, 6.45) is 5.59. The van der Waals surface area contributed by atoms with Crippen LogP contribution in [0, 0.1) is 11.8 Å². The number of aliphatic hydroxyl groups is 1. The van der Waals surface area contributed by atoms with Crippen LogP contribution in [0.1, 0.15) is 37.9 Å². The van der Waals surface area contributed by atoms with Gasteiger partial charge in [0.25, 0.3) is 0 Å². The highest BCUT2D eigenvalue weighted by molar-refractivity contribution is 5.43. The summed E-state index contributed by atoms with van der Waals surface area (Å²) in [6.45, 7) is 4.11.